The Balaban J connectivity index is 1.35. The lowest BCUT2D eigenvalue weighted by molar-refractivity contribution is 0.266. The molecule has 7 heteroatoms. The molecule has 4 rings (SSSR count). The zero-order valence-corrected chi connectivity index (χ0v) is 15.0. The number of rotatable bonds is 5. The molecule has 3 heterocycles. The third kappa shape index (κ3) is 3.81. The molecular formula is C20H21N7. The van der Waals surface area contributed by atoms with Crippen LogP contribution in [0, 0.1) is 11.3 Å². The third-order valence-electron chi connectivity index (χ3n) is 4.83. The van der Waals surface area contributed by atoms with Crippen LogP contribution in [-0.4, -0.2) is 59.1 Å². The molecule has 136 valence electrons. The van der Waals surface area contributed by atoms with E-state index in [2.05, 4.69) is 36.1 Å². The number of piperazine rings is 1. The molecule has 1 aromatic carbocycles. The largest absolute Gasteiger partial charge is 0.382 e. The number of hydrogen-bond acceptors (Lipinski definition) is 7. The highest BCUT2D eigenvalue weighted by Gasteiger charge is 2.18. The lowest BCUT2D eigenvalue weighted by atomic mass is 10.1. The summed E-state index contributed by atoms with van der Waals surface area (Å²) >= 11 is 0. The molecule has 0 radical (unpaired) electrons. The van der Waals surface area contributed by atoms with E-state index in [-0.39, 0.29) is 0 Å². The SMILES string of the molecule is N#Cc1cnc2ccccc2c1NCCN1CCN(c2ncccn2)CC1. The standard InChI is InChI=1S/C20H21N7/c21-14-16-15-25-18-5-2-1-4-17(18)19(16)22-8-9-26-10-12-27(13-11-26)20-23-6-3-7-24-20/h1-7,15H,8-13H2,(H,22,25). The summed E-state index contributed by atoms with van der Waals surface area (Å²) in [5.74, 6) is 0.803. The van der Waals surface area contributed by atoms with Crippen LogP contribution in [-0.2, 0) is 0 Å². The highest BCUT2D eigenvalue weighted by molar-refractivity contribution is 5.93. The van der Waals surface area contributed by atoms with Crippen LogP contribution < -0.4 is 10.2 Å². The smallest absolute Gasteiger partial charge is 0.225 e. The van der Waals surface area contributed by atoms with Crippen LogP contribution in [0.1, 0.15) is 5.56 Å². The number of hydrogen-bond donors (Lipinski definition) is 1. The van der Waals surface area contributed by atoms with Gasteiger partial charge in [0.05, 0.1) is 16.8 Å². The van der Waals surface area contributed by atoms with E-state index in [9.17, 15) is 5.26 Å². The monoisotopic (exact) mass is 359 g/mol. The Morgan fingerprint density at radius 3 is 2.56 bits per heavy atom. The summed E-state index contributed by atoms with van der Waals surface area (Å²) in [6, 6.07) is 12.0. The fourth-order valence-corrected chi connectivity index (χ4v) is 3.38. The zero-order valence-electron chi connectivity index (χ0n) is 15.0. The molecular weight excluding hydrogens is 338 g/mol. The summed E-state index contributed by atoms with van der Waals surface area (Å²) in [6.45, 7) is 5.50. The Labute approximate surface area is 158 Å². The zero-order chi connectivity index (χ0) is 18.5. The predicted octanol–water partition coefficient (Wildman–Crippen LogP) is 2.13. The minimum atomic E-state index is 0.583. The van der Waals surface area contributed by atoms with E-state index in [0.717, 1.165) is 61.8 Å². The van der Waals surface area contributed by atoms with Crippen molar-refractivity contribution in [2.45, 2.75) is 0 Å². The molecule has 0 amide bonds. The number of nitrogens with zero attached hydrogens (tertiary/aromatic N) is 6. The lowest BCUT2D eigenvalue weighted by Gasteiger charge is -2.34. The van der Waals surface area contributed by atoms with Crippen molar-refractivity contribution in [2.24, 2.45) is 0 Å². The van der Waals surface area contributed by atoms with Gasteiger partial charge in [0.1, 0.15) is 6.07 Å². The second-order valence-electron chi connectivity index (χ2n) is 6.48. The van der Waals surface area contributed by atoms with Crippen LogP contribution in [0.4, 0.5) is 11.6 Å². The summed E-state index contributed by atoms with van der Waals surface area (Å²) in [7, 11) is 0. The van der Waals surface area contributed by atoms with Gasteiger partial charge in [0.15, 0.2) is 0 Å². The van der Waals surface area contributed by atoms with Crippen molar-refractivity contribution >= 4 is 22.5 Å². The fourth-order valence-electron chi connectivity index (χ4n) is 3.38. The molecule has 1 saturated heterocycles. The molecule has 0 unspecified atom stereocenters. The number of benzene rings is 1. The predicted molar refractivity (Wildman–Crippen MR) is 106 cm³/mol. The second kappa shape index (κ2) is 7.98. The van der Waals surface area contributed by atoms with Crippen LogP contribution in [0.3, 0.4) is 0 Å². The van der Waals surface area contributed by atoms with Gasteiger partial charge in [-0.2, -0.15) is 5.26 Å². The maximum atomic E-state index is 9.41. The molecule has 0 spiro atoms. The maximum Gasteiger partial charge on any atom is 0.225 e. The number of pyridine rings is 1. The Kier molecular flexibility index (Phi) is 5.08. The number of para-hydroxylation sites is 1. The van der Waals surface area contributed by atoms with Gasteiger partial charge in [0.2, 0.25) is 5.95 Å². The highest BCUT2D eigenvalue weighted by Crippen LogP contribution is 2.25. The maximum absolute atomic E-state index is 9.41. The van der Waals surface area contributed by atoms with Crippen molar-refractivity contribution in [2.75, 3.05) is 49.5 Å². The van der Waals surface area contributed by atoms with E-state index in [4.69, 9.17) is 0 Å². The minimum Gasteiger partial charge on any atom is -0.382 e. The van der Waals surface area contributed by atoms with E-state index < -0.39 is 0 Å². The first-order valence-corrected chi connectivity index (χ1v) is 9.11. The molecule has 0 aliphatic carbocycles. The Bertz CT molecular complexity index is 943. The van der Waals surface area contributed by atoms with Crippen LogP contribution >= 0.6 is 0 Å². The second-order valence-corrected chi connectivity index (χ2v) is 6.48. The molecule has 3 aromatic rings. The Hall–Kier alpha value is -3.24. The average Bonchev–Trinajstić information content (AvgIpc) is 2.75. The molecule has 0 atom stereocenters. The molecule has 0 saturated carbocycles. The van der Waals surface area contributed by atoms with Gasteiger partial charge in [0.25, 0.3) is 0 Å². The quantitative estimate of drug-likeness (QED) is 0.747. The van der Waals surface area contributed by atoms with Crippen LogP contribution in [0.15, 0.2) is 48.9 Å². The molecule has 2 aromatic heterocycles. The molecule has 1 N–H and O–H groups in total. The van der Waals surface area contributed by atoms with E-state index >= 15 is 0 Å². The van der Waals surface area contributed by atoms with Crippen molar-refractivity contribution in [1.29, 1.82) is 5.26 Å². The van der Waals surface area contributed by atoms with Crippen LogP contribution in [0.2, 0.25) is 0 Å². The van der Waals surface area contributed by atoms with E-state index in [1.54, 1.807) is 18.6 Å². The van der Waals surface area contributed by atoms with Crippen molar-refractivity contribution < 1.29 is 0 Å². The van der Waals surface area contributed by atoms with Gasteiger partial charge in [0, 0.05) is 63.2 Å². The molecule has 1 aliphatic heterocycles. The van der Waals surface area contributed by atoms with Gasteiger partial charge in [-0.1, -0.05) is 18.2 Å². The van der Waals surface area contributed by atoms with Crippen molar-refractivity contribution in [1.82, 2.24) is 19.9 Å². The average molecular weight is 359 g/mol. The first kappa shape index (κ1) is 17.2. The number of nitriles is 1. The van der Waals surface area contributed by atoms with Gasteiger partial charge in [-0.15, -0.1) is 0 Å². The normalized spacial score (nSPS) is 14.9. The fraction of sp³-hybridized carbons (Fsp3) is 0.300. The first-order valence-electron chi connectivity index (χ1n) is 9.11. The minimum absolute atomic E-state index is 0.583. The third-order valence-corrected chi connectivity index (χ3v) is 4.83. The summed E-state index contributed by atoms with van der Waals surface area (Å²) in [5, 5.41) is 13.8. The molecule has 7 nitrogen and oxygen atoms in total. The number of nitrogens with one attached hydrogen (secondary N) is 1. The summed E-state index contributed by atoms with van der Waals surface area (Å²) in [4.78, 5) is 17.6. The number of aromatic nitrogens is 3. The van der Waals surface area contributed by atoms with Gasteiger partial charge in [-0.05, 0) is 12.1 Å². The van der Waals surface area contributed by atoms with E-state index in [0.29, 0.717) is 5.56 Å². The van der Waals surface area contributed by atoms with E-state index in [1.807, 2.05) is 30.3 Å². The Morgan fingerprint density at radius 1 is 1.00 bits per heavy atom. The van der Waals surface area contributed by atoms with Gasteiger partial charge in [-0.3, -0.25) is 9.88 Å². The molecule has 1 fully saturated rings. The van der Waals surface area contributed by atoms with Crippen molar-refractivity contribution in [3.05, 3.63) is 54.5 Å². The first-order chi connectivity index (χ1) is 13.3. The topological polar surface area (TPSA) is 81.0 Å². The number of anilines is 2. The Morgan fingerprint density at radius 2 is 1.78 bits per heavy atom. The van der Waals surface area contributed by atoms with Gasteiger partial charge in [-0.25, -0.2) is 9.97 Å². The summed E-state index contributed by atoms with van der Waals surface area (Å²) in [5.41, 5.74) is 2.36. The van der Waals surface area contributed by atoms with Crippen LogP contribution in [0.25, 0.3) is 10.9 Å². The van der Waals surface area contributed by atoms with Crippen molar-refractivity contribution in [3.63, 3.8) is 0 Å². The highest BCUT2D eigenvalue weighted by atomic mass is 15.3. The van der Waals surface area contributed by atoms with E-state index in [1.165, 1.54) is 0 Å². The van der Waals surface area contributed by atoms with Gasteiger partial charge >= 0.3 is 0 Å². The molecule has 27 heavy (non-hydrogen) atoms. The summed E-state index contributed by atoms with van der Waals surface area (Å²) < 4.78 is 0. The number of fused-ring (bicyclic) bond motifs is 1. The van der Waals surface area contributed by atoms with Gasteiger partial charge < -0.3 is 10.2 Å². The lowest BCUT2D eigenvalue weighted by Crippen LogP contribution is -2.48. The van der Waals surface area contributed by atoms with Crippen molar-refractivity contribution in [3.8, 4) is 6.07 Å². The molecule has 1 aliphatic rings. The molecule has 0 bridgehead atoms. The van der Waals surface area contributed by atoms with Crippen LogP contribution in [0.5, 0.6) is 0 Å². The summed E-state index contributed by atoms with van der Waals surface area (Å²) in [6.07, 6.45) is 5.21.